The van der Waals surface area contributed by atoms with Crippen LogP contribution in [0.25, 0.3) is 0 Å². The minimum atomic E-state index is -0.490. The van der Waals surface area contributed by atoms with Crippen LogP contribution in [-0.4, -0.2) is 41.8 Å². The quantitative estimate of drug-likeness (QED) is 0.606. The molecule has 0 aromatic heterocycles. The highest BCUT2D eigenvalue weighted by atomic mass is 16.5. The fraction of sp³-hybridized carbons (Fsp3) is 0.500. The number of carbonyl (C=O) groups excluding carboxylic acids is 3. The number of rotatable bonds is 9. The SMILES string of the molecule is COC(=O)CCC[C@H]1CC(=O)C=CN1[C@@H](C(=O)OCc1ccccc1)C(C)C. The van der Waals surface area contributed by atoms with Gasteiger partial charge in [0.15, 0.2) is 5.78 Å². The molecule has 0 fully saturated rings. The van der Waals surface area contributed by atoms with Crippen molar-refractivity contribution in [1.82, 2.24) is 4.90 Å². The van der Waals surface area contributed by atoms with Crippen LogP contribution >= 0.6 is 0 Å². The maximum Gasteiger partial charge on any atom is 0.329 e. The Labute approximate surface area is 166 Å². The zero-order valence-corrected chi connectivity index (χ0v) is 16.8. The van der Waals surface area contributed by atoms with Gasteiger partial charge in [-0.3, -0.25) is 9.59 Å². The van der Waals surface area contributed by atoms with Gasteiger partial charge in [-0.15, -0.1) is 0 Å². The molecule has 28 heavy (non-hydrogen) atoms. The van der Waals surface area contributed by atoms with E-state index in [4.69, 9.17) is 4.74 Å². The first kappa shape index (κ1) is 21.7. The molecule has 0 saturated carbocycles. The zero-order valence-electron chi connectivity index (χ0n) is 16.8. The summed E-state index contributed by atoms with van der Waals surface area (Å²) in [6, 6.07) is 8.91. The summed E-state index contributed by atoms with van der Waals surface area (Å²) in [5.74, 6) is -0.550. The molecule has 1 aromatic carbocycles. The molecule has 0 radical (unpaired) electrons. The van der Waals surface area contributed by atoms with Crippen molar-refractivity contribution in [3.05, 3.63) is 48.2 Å². The fourth-order valence-electron chi connectivity index (χ4n) is 3.40. The topological polar surface area (TPSA) is 72.9 Å². The molecule has 152 valence electrons. The summed E-state index contributed by atoms with van der Waals surface area (Å²) in [7, 11) is 1.36. The first-order chi connectivity index (χ1) is 13.4. The number of hydrogen-bond acceptors (Lipinski definition) is 6. The monoisotopic (exact) mass is 387 g/mol. The number of carbonyl (C=O) groups is 3. The number of esters is 2. The predicted octanol–water partition coefficient (Wildman–Crippen LogP) is 3.25. The van der Waals surface area contributed by atoms with Gasteiger partial charge >= 0.3 is 11.9 Å². The third-order valence-corrected chi connectivity index (χ3v) is 4.86. The van der Waals surface area contributed by atoms with E-state index in [9.17, 15) is 14.4 Å². The molecule has 1 heterocycles. The lowest BCUT2D eigenvalue weighted by Crippen LogP contribution is -2.49. The second kappa shape index (κ2) is 10.6. The molecule has 1 aliphatic rings. The van der Waals surface area contributed by atoms with E-state index in [1.54, 1.807) is 6.20 Å². The Kier molecular flexibility index (Phi) is 8.23. The van der Waals surface area contributed by atoms with Gasteiger partial charge in [-0.25, -0.2) is 4.79 Å². The average molecular weight is 387 g/mol. The fourth-order valence-corrected chi connectivity index (χ4v) is 3.40. The van der Waals surface area contributed by atoms with Crippen LogP contribution in [0.3, 0.4) is 0 Å². The van der Waals surface area contributed by atoms with E-state index in [0.29, 0.717) is 25.7 Å². The molecule has 6 nitrogen and oxygen atoms in total. The third kappa shape index (κ3) is 6.22. The van der Waals surface area contributed by atoms with Gasteiger partial charge in [0.2, 0.25) is 0 Å². The van der Waals surface area contributed by atoms with Gasteiger partial charge in [-0.2, -0.15) is 0 Å². The number of benzene rings is 1. The summed E-state index contributed by atoms with van der Waals surface area (Å²) in [5.41, 5.74) is 0.928. The number of allylic oxidation sites excluding steroid dienone is 1. The smallest absolute Gasteiger partial charge is 0.329 e. The van der Waals surface area contributed by atoms with Gasteiger partial charge in [0.25, 0.3) is 0 Å². The van der Waals surface area contributed by atoms with E-state index in [0.717, 1.165) is 5.56 Å². The number of ether oxygens (including phenoxy) is 2. The molecule has 1 aliphatic heterocycles. The van der Waals surface area contributed by atoms with Crippen LogP contribution in [0.4, 0.5) is 0 Å². The Balaban J connectivity index is 2.06. The molecule has 0 bridgehead atoms. The van der Waals surface area contributed by atoms with Crippen molar-refractivity contribution in [2.45, 2.75) is 58.2 Å². The van der Waals surface area contributed by atoms with E-state index in [-0.39, 0.29) is 36.3 Å². The maximum absolute atomic E-state index is 12.9. The summed E-state index contributed by atoms with van der Waals surface area (Å²) in [4.78, 5) is 38.1. The Hall–Kier alpha value is -2.63. The molecule has 1 aromatic rings. The van der Waals surface area contributed by atoms with Crippen LogP contribution in [0, 0.1) is 5.92 Å². The van der Waals surface area contributed by atoms with Crippen molar-refractivity contribution in [3.8, 4) is 0 Å². The van der Waals surface area contributed by atoms with Crippen molar-refractivity contribution in [3.63, 3.8) is 0 Å². The molecule has 6 heteroatoms. The lowest BCUT2D eigenvalue weighted by Gasteiger charge is -2.39. The number of ketones is 1. The second-order valence-corrected chi connectivity index (χ2v) is 7.34. The molecule has 0 saturated heterocycles. The highest BCUT2D eigenvalue weighted by Gasteiger charge is 2.35. The molecule has 0 N–H and O–H groups in total. The normalized spacial score (nSPS) is 17.5. The summed E-state index contributed by atoms with van der Waals surface area (Å²) in [6.45, 7) is 4.14. The molecular weight excluding hydrogens is 358 g/mol. The van der Waals surface area contributed by atoms with Crippen molar-refractivity contribution in [1.29, 1.82) is 0 Å². The Morgan fingerprint density at radius 1 is 1.21 bits per heavy atom. The number of nitrogens with zero attached hydrogens (tertiary/aromatic N) is 1. The maximum atomic E-state index is 12.9. The van der Waals surface area contributed by atoms with Crippen LogP contribution in [-0.2, 0) is 30.5 Å². The minimum absolute atomic E-state index is 0.00392. The van der Waals surface area contributed by atoms with Crippen molar-refractivity contribution in [2.75, 3.05) is 7.11 Å². The molecule has 2 rings (SSSR count). The van der Waals surface area contributed by atoms with Crippen LogP contribution in [0.5, 0.6) is 0 Å². The molecule has 0 amide bonds. The van der Waals surface area contributed by atoms with Crippen molar-refractivity contribution < 1.29 is 23.9 Å². The molecule has 0 spiro atoms. The van der Waals surface area contributed by atoms with Gasteiger partial charge in [0.1, 0.15) is 12.6 Å². The van der Waals surface area contributed by atoms with Crippen LogP contribution < -0.4 is 0 Å². The minimum Gasteiger partial charge on any atom is -0.469 e. The average Bonchev–Trinajstić information content (AvgIpc) is 2.68. The van der Waals surface area contributed by atoms with Gasteiger partial charge < -0.3 is 14.4 Å². The standard InChI is InChI=1S/C22H29NO5/c1-16(2)21(22(26)28-15-17-8-5-4-6-9-17)23-13-12-19(24)14-18(23)10-7-11-20(25)27-3/h4-6,8-9,12-13,16,18,21H,7,10-11,14-15H2,1-3H3/t18-,21+/m0/s1. The Morgan fingerprint density at radius 3 is 2.57 bits per heavy atom. The molecule has 0 unspecified atom stereocenters. The lowest BCUT2D eigenvalue weighted by molar-refractivity contribution is -0.154. The van der Waals surface area contributed by atoms with Crippen LogP contribution in [0.15, 0.2) is 42.6 Å². The third-order valence-electron chi connectivity index (χ3n) is 4.86. The first-order valence-corrected chi connectivity index (χ1v) is 9.68. The summed E-state index contributed by atoms with van der Waals surface area (Å²) in [6.07, 6.45) is 5.05. The van der Waals surface area contributed by atoms with Crippen molar-refractivity contribution >= 4 is 17.7 Å². The van der Waals surface area contributed by atoms with Gasteiger partial charge in [-0.05, 0) is 30.4 Å². The number of hydrogen-bond donors (Lipinski definition) is 0. The summed E-state index contributed by atoms with van der Waals surface area (Å²) in [5, 5.41) is 0. The van der Waals surface area contributed by atoms with E-state index < -0.39 is 6.04 Å². The zero-order chi connectivity index (χ0) is 20.5. The van der Waals surface area contributed by atoms with Crippen LogP contribution in [0.1, 0.15) is 45.1 Å². The second-order valence-electron chi connectivity index (χ2n) is 7.34. The highest BCUT2D eigenvalue weighted by molar-refractivity contribution is 5.91. The molecule has 2 atom stereocenters. The Bertz CT molecular complexity index is 698. The largest absolute Gasteiger partial charge is 0.469 e. The summed E-state index contributed by atoms with van der Waals surface area (Å²) < 4.78 is 10.2. The molecular formula is C22H29NO5. The Morgan fingerprint density at radius 2 is 1.93 bits per heavy atom. The lowest BCUT2D eigenvalue weighted by atomic mass is 9.93. The predicted molar refractivity (Wildman–Crippen MR) is 105 cm³/mol. The van der Waals surface area contributed by atoms with E-state index in [1.165, 1.54) is 13.2 Å². The van der Waals surface area contributed by atoms with Crippen molar-refractivity contribution in [2.24, 2.45) is 5.92 Å². The van der Waals surface area contributed by atoms with E-state index >= 15 is 0 Å². The van der Waals surface area contributed by atoms with Gasteiger partial charge in [0, 0.05) is 25.1 Å². The summed E-state index contributed by atoms with van der Waals surface area (Å²) >= 11 is 0. The molecule has 0 aliphatic carbocycles. The first-order valence-electron chi connectivity index (χ1n) is 9.68. The number of methoxy groups -OCH3 is 1. The van der Waals surface area contributed by atoms with Gasteiger partial charge in [-0.1, -0.05) is 44.2 Å². The van der Waals surface area contributed by atoms with Gasteiger partial charge in [0.05, 0.1) is 7.11 Å². The van der Waals surface area contributed by atoms with E-state index in [2.05, 4.69) is 4.74 Å². The van der Waals surface area contributed by atoms with E-state index in [1.807, 2.05) is 49.1 Å². The van der Waals surface area contributed by atoms with Crippen LogP contribution in [0.2, 0.25) is 0 Å². The highest BCUT2D eigenvalue weighted by Crippen LogP contribution is 2.25.